The average Bonchev–Trinajstić information content (AvgIpc) is 2.28. The molecule has 5 nitrogen and oxygen atoms in total. The summed E-state index contributed by atoms with van der Waals surface area (Å²) in [4.78, 5) is 12.7. The Hall–Kier alpha value is -1.59. The maximum Gasteiger partial charge on any atom is 0.255 e. The van der Waals surface area contributed by atoms with Gasteiger partial charge in [0.25, 0.3) is 5.91 Å². The van der Waals surface area contributed by atoms with Crippen LogP contribution in [-0.2, 0) is 11.3 Å². The maximum absolute atomic E-state index is 10.5. The molecule has 94 valence electrons. The summed E-state index contributed by atoms with van der Waals surface area (Å²) >= 11 is 0. The van der Waals surface area contributed by atoms with E-state index in [4.69, 9.17) is 16.2 Å². The largest absolute Gasteiger partial charge is 0.484 e. The van der Waals surface area contributed by atoms with Gasteiger partial charge in [-0.3, -0.25) is 4.79 Å². The molecule has 0 radical (unpaired) electrons. The second-order valence-electron chi connectivity index (χ2n) is 3.93. The first-order valence-electron chi connectivity index (χ1n) is 5.50. The highest BCUT2D eigenvalue weighted by molar-refractivity contribution is 5.75. The van der Waals surface area contributed by atoms with Crippen LogP contribution in [0.25, 0.3) is 0 Å². The van der Waals surface area contributed by atoms with Crippen LogP contribution in [0.5, 0.6) is 5.75 Å². The zero-order valence-corrected chi connectivity index (χ0v) is 10.1. The number of likely N-dealkylation sites (N-methyl/N-ethyl adjacent to an activating group) is 1. The minimum atomic E-state index is -0.475. The number of rotatable bonds is 7. The van der Waals surface area contributed by atoms with Gasteiger partial charge in [0.05, 0.1) is 0 Å². The van der Waals surface area contributed by atoms with Crippen LogP contribution in [-0.4, -0.2) is 37.6 Å². The standard InChI is InChI=1S/C12H19N3O2/c1-15(7-6-13)8-10-2-4-11(5-3-10)17-9-12(14)16/h2-5H,6-9,13H2,1H3,(H2,14,16). The predicted molar refractivity (Wildman–Crippen MR) is 66.5 cm³/mol. The fourth-order valence-electron chi connectivity index (χ4n) is 1.46. The van der Waals surface area contributed by atoms with Gasteiger partial charge < -0.3 is 21.1 Å². The molecule has 0 fully saturated rings. The van der Waals surface area contributed by atoms with Crippen LogP contribution < -0.4 is 16.2 Å². The number of ether oxygens (including phenoxy) is 1. The number of carbonyl (C=O) groups is 1. The highest BCUT2D eigenvalue weighted by Crippen LogP contribution is 2.13. The molecule has 17 heavy (non-hydrogen) atoms. The smallest absolute Gasteiger partial charge is 0.255 e. The van der Waals surface area contributed by atoms with Crippen LogP contribution >= 0.6 is 0 Å². The van der Waals surface area contributed by atoms with Crippen LogP contribution in [0, 0.1) is 0 Å². The Morgan fingerprint density at radius 2 is 2.00 bits per heavy atom. The fourth-order valence-corrected chi connectivity index (χ4v) is 1.46. The first-order chi connectivity index (χ1) is 8.11. The van der Waals surface area contributed by atoms with Gasteiger partial charge in [0.2, 0.25) is 0 Å². The van der Waals surface area contributed by atoms with Crippen molar-refractivity contribution in [1.82, 2.24) is 4.90 Å². The minimum absolute atomic E-state index is 0.0909. The Labute approximate surface area is 101 Å². The van der Waals surface area contributed by atoms with Crippen LogP contribution in [0.1, 0.15) is 5.56 Å². The van der Waals surface area contributed by atoms with Crippen molar-refractivity contribution < 1.29 is 9.53 Å². The molecule has 0 aliphatic carbocycles. The summed E-state index contributed by atoms with van der Waals surface area (Å²) in [6, 6.07) is 7.58. The van der Waals surface area contributed by atoms with Gasteiger partial charge >= 0.3 is 0 Å². The molecular weight excluding hydrogens is 218 g/mol. The molecule has 4 N–H and O–H groups in total. The first-order valence-corrected chi connectivity index (χ1v) is 5.50. The number of nitrogens with zero attached hydrogens (tertiary/aromatic N) is 1. The molecule has 1 rings (SSSR count). The summed E-state index contributed by atoms with van der Waals surface area (Å²) in [7, 11) is 2.02. The Bertz CT molecular complexity index is 351. The molecule has 1 aromatic rings. The normalized spacial score (nSPS) is 10.5. The van der Waals surface area contributed by atoms with Gasteiger partial charge in [0.1, 0.15) is 5.75 Å². The third-order valence-electron chi connectivity index (χ3n) is 2.27. The molecule has 0 aromatic heterocycles. The number of primary amides is 1. The monoisotopic (exact) mass is 237 g/mol. The lowest BCUT2D eigenvalue weighted by Crippen LogP contribution is -2.24. The van der Waals surface area contributed by atoms with Crippen molar-refractivity contribution in [2.24, 2.45) is 11.5 Å². The van der Waals surface area contributed by atoms with Gasteiger partial charge in [-0.05, 0) is 24.7 Å². The SMILES string of the molecule is CN(CCN)Cc1ccc(OCC(N)=O)cc1. The van der Waals surface area contributed by atoms with Crippen LogP contribution in [0.2, 0.25) is 0 Å². The summed E-state index contributed by atoms with van der Waals surface area (Å²) in [5.74, 6) is 0.172. The van der Waals surface area contributed by atoms with E-state index in [0.29, 0.717) is 12.3 Å². The highest BCUT2D eigenvalue weighted by atomic mass is 16.5. The third-order valence-corrected chi connectivity index (χ3v) is 2.27. The maximum atomic E-state index is 10.5. The zero-order valence-electron chi connectivity index (χ0n) is 10.1. The molecule has 1 amide bonds. The van der Waals surface area contributed by atoms with E-state index in [2.05, 4.69) is 4.90 Å². The molecule has 5 heteroatoms. The Balaban J connectivity index is 2.47. The van der Waals surface area contributed by atoms with Gasteiger partial charge in [-0.25, -0.2) is 0 Å². The van der Waals surface area contributed by atoms with E-state index in [1.54, 1.807) is 0 Å². The van der Waals surface area contributed by atoms with Gasteiger partial charge in [0.15, 0.2) is 6.61 Å². The van der Waals surface area contributed by atoms with E-state index in [1.807, 2.05) is 31.3 Å². The molecule has 0 atom stereocenters. The molecule has 0 spiro atoms. The summed E-state index contributed by atoms with van der Waals surface area (Å²) in [5.41, 5.74) is 11.6. The molecule has 0 aliphatic rings. The first kappa shape index (κ1) is 13.5. The summed E-state index contributed by atoms with van der Waals surface area (Å²) in [6.45, 7) is 2.26. The van der Waals surface area contributed by atoms with E-state index in [0.717, 1.165) is 13.1 Å². The van der Waals surface area contributed by atoms with E-state index in [9.17, 15) is 4.79 Å². The van der Waals surface area contributed by atoms with E-state index in [-0.39, 0.29) is 6.61 Å². The van der Waals surface area contributed by atoms with Gasteiger partial charge in [-0.2, -0.15) is 0 Å². The topological polar surface area (TPSA) is 81.6 Å². The van der Waals surface area contributed by atoms with E-state index >= 15 is 0 Å². The Morgan fingerprint density at radius 3 is 2.53 bits per heavy atom. The van der Waals surface area contributed by atoms with Crippen LogP contribution in [0.4, 0.5) is 0 Å². The van der Waals surface area contributed by atoms with Crippen molar-refractivity contribution in [3.63, 3.8) is 0 Å². The quantitative estimate of drug-likeness (QED) is 0.696. The lowest BCUT2D eigenvalue weighted by Gasteiger charge is -2.15. The lowest BCUT2D eigenvalue weighted by molar-refractivity contribution is -0.119. The average molecular weight is 237 g/mol. The Kier molecular flexibility index (Phi) is 5.45. The van der Waals surface area contributed by atoms with Crippen LogP contribution in [0.15, 0.2) is 24.3 Å². The highest BCUT2D eigenvalue weighted by Gasteiger charge is 2.01. The van der Waals surface area contributed by atoms with Crippen molar-refractivity contribution in [3.05, 3.63) is 29.8 Å². The fraction of sp³-hybridized carbons (Fsp3) is 0.417. The van der Waals surface area contributed by atoms with Crippen molar-refractivity contribution in [3.8, 4) is 5.75 Å². The minimum Gasteiger partial charge on any atom is -0.484 e. The predicted octanol–water partition coefficient (Wildman–Crippen LogP) is -0.0588. The third kappa shape index (κ3) is 5.33. The second kappa shape index (κ2) is 6.88. The molecule has 0 bridgehead atoms. The number of nitrogens with two attached hydrogens (primary N) is 2. The van der Waals surface area contributed by atoms with Gasteiger partial charge in [-0.15, -0.1) is 0 Å². The van der Waals surface area contributed by atoms with Crippen molar-refractivity contribution in [2.45, 2.75) is 6.54 Å². The Morgan fingerprint density at radius 1 is 1.35 bits per heavy atom. The van der Waals surface area contributed by atoms with Crippen molar-refractivity contribution >= 4 is 5.91 Å². The molecule has 0 saturated carbocycles. The van der Waals surface area contributed by atoms with Gasteiger partial charge in [0, 0.05) is 19.6 Å². The van der Waals surface area contributed by atoms with Crippen molar-refractivity contribution in [1.29, 1.82) is 0 Å². The number of hydrogen-bond donors (Lipinski definition) is 2. The zero-order chi connectivity index (χ0) is 12.7. The summed E-state index contributed by atoms with van der Waals surface area (Å²) < 4.78 is 5.17. The molecule has 0 aliphatic heterocycles. The van der Waals surface area contributed by atoms with E-state index in [1.165, 1.54) is 5.56 Å². The molecule has 1 aromatic carbocycles. The van der Waals surface area contributed by atoms with E-state index < -0.39 is 5.91 Å². The summed E-state index contributed by atoms with van der Waals surface area (Å²) in [6.07, 6.45) is 0. The lowest BCUT2D eigenvalue weighted by atomic mass is 10.2. The second-order valence-corrected chi connectivity index (χ2v) is 3.93. The summed E-state index contributed by atoms with van der Waals surface area (Å²) in [5, 5.41) is 0. The van der Waals surface area contributed by atoms with Crippen molar-refractivity contribution in [2.75, 3.05) is 26.7 Å². The number of benzene rings is 1. The van der Waals surface area contributed by atoms with Gasteiger partial charge in [-0.1, -0.05) is 12.1 Å². The number of carbonyl (C=O) groups excluding carboxylic acids is 1. The van der Waals surface area contributed by atoms with Crippen LogP contribution in [0.3, 0.4) is 0 Å². The number of amides is 1. The number of hydrogen-bond acceptors (Lipinski definition) is 4. The molecular formula is C12H19N3O2. The molecule has 0 heterocycles. The molecule has 0 saturated heterocycles. The molecule has 0 unspecified atom stereocenters.